The van der Waals surface area contributed by atoms with Crippen LogP contribution in [0.5, 0.6) is 0 Å². The van der Waals surface area contributed by atoms with Gasteiger partial charge in [0, 0.05) is 22.7 Å². The molecule has 0 bridgehead atoms. The summed E-state index contributed by atoms with van der Waals surface area (Å²) >= 11 is 3.46. The molecule has 0 aliphatic rings. The Morgan fingerprint density at radius 3 is 2.87 bits per heavy atom. The molecule has 0 amide bonds. The number of rotatable bonds is 6. The Hall–Kier alpha value is -0.540. The van der Waals surface area contributed by atoms with E-state index in [1.54, 1.807) is 0 Å². The maximum atomic E-state index is 5.73. The first-order valence-electron chi connectivity index (χ1n) is 5.48. The van der Waals surface area contributed by atoms with E-state index in [0.29, 0.717) is 12.6 Å². The zero-order chi connectivity index (χ0) is 11.1. The lowest BCUT2D eigenvalue weighted by Gasteiger charge is -2.17. The first-order chi connectivity index (χ1) is 7.26. The smallest absolute Gasteiger partial charge is 0.0383 e. The predicted octanol–water partition coefficient (Wildman–Crippen LogP) is 3.38. The summed E-state index contributed by atoms with van der Waals surface area (Å²) in [5, 5.41) is 3.45. The van der Waals surface area contributed by atoms with Crippen LogP contribution in [-0.2, 0) is 0 Å². The van der Waals surface area contributed by atoms with Crippen molar-refractivity contribution in [2.24, 2.45) is 5.73 Å². The molecule has 0 fully saturated rings. The Morgan fingerprint density at radius 2 is 2.27 bits per heavy atom. The van der Waals surface area contributed by atoms with Gasteiger partial charge >= 0.3 is 0 Å². The van der Waals surface area contributed by atoms with Gasteiger partial charge in [-0.2, -0.15) is 0 Å². The number of hydrogen-bond acceptors (Lipinski definition) is 2. The van der Waals surface area contributed by atoms with Crippen LogP contribution >= 0.6 is 15.9 Å². The molecule has 1 aromatic rings. The molecule has 0 saturated carbocycles. The van der Waals surface area contributed by atoms with Gasteiger partial charge in [-0.15, -0.1) is 0 Å². The van der Waals surface area contributed by atoms with Gasteiger partial charge in [0.05, 0.1) is 0 Å². The lowest BCUT2D eigenvalue weighted by molar-refractivity contribution is 0.614. The average Bonchev–Trinajstić information content (AvgIpc) is 2.24. The van der Waals surface area contributed by atoms with Crippen molar-refractivity contribution in [2.75, 3.05) is 11.9 Å². The number of benzene rings is 1. The third kappa shape index (κ3) is 4.67. The topological polar surface area (TPSA) is 38.0 Å². The highest BCUT2D eigenvalue weighted by atomic mass is 79.9. The van der Waals surface area contributed by atoms with Crippen molar-refractivity contribution in [3.05, 3.63) is 28.7 Å². The molecule has 1 aromatic carbocycles. The number of anilines is 1. The van der Waals surface area contributed by atoms with E-state index in [1.807, 2.05) is 12.1 Å². The monoisotopic (exact) mass is 270 g/mol. The Labute approximate surface area is 100 Å². The lowest BCUT2D eigenvalue weighted by Crippen LogP contribution is -2.28. The summed E-state index contributed by atoms with van der Waals surface area (Å²) in [4.78, 5) is 0. The Kier molecular flexibility index (Phi) is 5.73. The molecule has 2 nitrogen and oxygen atoms in total. The average molecular weight is 271 g/mol. The first kappa shape index (κ1) is 12.5. The van der Waals surface area contributed by atoms with Crippen molar-refractivity contribution in [3.8, 4) is 0 Å². The summed E-state index contributed by atoms with van der Waals surface area (Å²) in [5.74, 6) is 0. The van der Waals surface area contributed by atoms with E-state index in [4.69, 9.17) is 5.73 Å². The lowest BCUT2D eigenvalue weighted by atomic mass is 10.1. The summed E-state index contributed by atoms with van der Waals surface area (Å²) in [7, 11) is 0. The van der Waals surface area contributed by atoms with Crippen LogP contribution in [0, 0.1) is 0 Å². The van der Waals surface area contributed by atoms with E-state index in [0.717, 1.165) is 16.6 Å². The fourth-order valence-electron chi connectivity index (χ4n) is 1.51. The van der Waals surface area contributed by atoms with Crippen LogP contribution in [0.4, 0.5) is 5.69 Å². The molecular weight excluding hydrogens is 252 g/mol. The van der Waals surface area contributed by atoms with Gasteiger partial charge in [0.2, 0.25) is 0 Å². The zero-order valence-corrected chi connectivity index (χ0v) is 10.8. The van der Waals surface area contributed by atoms with Crippen molar-refractivity contribution in [3.63, 3.8) is 0 Å². The van der Waals surface area contributed by atoms with Crippen molar-refractivity contribution >= 4 is 21.6 Å². The molecule has 0 saturated heterocycles. The SMILES string of the molecule is CCCCC(CN)Nc1cccc(Br)c1. The van der Waals surface area contributed by atoms with Crippen LogP contribution in [0.1, 0.15) is 26.2 Å². The Morgan fingerprint density at radius 1 is 1.47 bits per heavy atom. The fourth-order valence-corrected chi connectivity index (χ4v) is 1.91. The number of nitrogens with one attached hydrogen (secondary N) is 1. The normalized spacial score (nSPS) is 12.5. The Bertz CT molecular complexity index is 289. The molecule has 0 aliphatic heterocycles. The van der Waals surface area contributed by atoms with Crippen molar-refractivity contribution in [2.45, 2.75) is 32.2 Å². The summed E-state index contributed by atoms with van der Waals surface area (Å²) in [5.41, 5.74) is 6.86. The first-order valence-corrected chi connectivity index (χ1v) is 6.27. The third-order valence-corrected chi connectivity index (χ3v) is 2.88. The largest absolute Gasteiger partial charge is 0.381 e. The summed E-state index contributed by atoms with van der Waals surface area (Å²) in [6, 6.07) is 8.59. The van der Waals surface area contributed by atoms with E-state index in [-0.39, 0.29) is 0 Å². The molecule has 1 unspecified atom stereocenters. The van der Waals surface area contributed by atoms with Gasteiger partial charge in [-0.05, 0) is 24.6 Å². The molecule has 3 N–H and O–H groups in total. The molecule has 1 atom stereocenters. The summed E-state index contributed by atoms with van der Waals surface area (Å²) in [6.45, 7) is 2.89. The van der Waals surface area contributed by atoms with E-state index in [1.165, 1.54) is 12.8 Å². The van der Waals surface area contributed by atoms with Gasteiger partial charge in [-0.25, -0.2) is 0 Å². The fraction of sp³-hybridized carbons (Fsp3) is 0.500. The number of unbranched alkanes of at least 4 members (excludes halogenated alkanes) is 1. The zero-order valence-electron chi connectivity index (χ0n) is 9.17. The second-order valence-electron chi connectivity index (χ2n) is 3.73. The second kappa shape index (κ2) is 6.85. The molecule has 0 heterocycles. The van der Waals surface area contributed by atoms with E-state index in [2.05, 4.69) is 40.3 Å². The van der Waals surface area contributed by atoms with Gasteiger partial charge in [-0.1, -0.05) is 41.8 Å². The van der Waals surface area contributed by atoms with Crippen LogP contribution in [0.2, 0.25) is 0 Å². The van der Waals surface area contributed by atoms with E-state index >= 15 is 0 Å². The van der Waals surface area contributed by atoms with Gasteiger partial charge in [-0.3, -0.25) is 0 Å². The number of hydrogen-bond donors (Lipinski definition) is 2. The highest BCUT2D eigenvalue weighted by molar-refractivity contribution is 9.10. The number of halogens is 1. The molecule has 0 aromatic heterocycles. The van der Waals surface area contributed by atoms with Gasteiger partial charge < -0.3 is 11.1 Å². The molecule has 0 spiro atoms. The van der Waals surface area contributed by atoms with Crippen LogP contribution in [0.25, 0.3) is 0 Å². The second-order valence-corrected chi connectivity index (χ2v) is 4.65. The minimum absolute atomic E-state index is 0.388. The van der Waals surface area contributed by atoms with Crippen molar-refractivity contribution in [1.82, 2.24) is 0 Å². The van der Waals surface area contributed by atoms with Gasteiger partial charge in [0.1, 0.15) is 0 Å². The quantitative estimate of drug-likeness (QED) is 0.832. The van der Waals surface area contributed by atoms with Crippen LogP contribution in [0.3, 0.4) is 0 Å². The molecular formula is C12H19BrN2. The molecule has 15 heavy (non-hydrogen) atoms. The maximum absolute atomic E-state index is 5.73. The van der Waals surface area contributed by atoms with Crippen molar-refractivity contribution in [1.29, 1.82) is 0 Å². The van der Waals surface area contributed by atoms with Crippen LogP contribution in [0.15, 0.2) is 28.7 Å². The highest BCUT2D eigenvalue weighted by Crippen LogP contribution is 2.17. The van der Waals surface area contributed by atoms with Crippen LogP contribution < -0.4 is 11.1 Å². The van der Waals surface area contributed by atoms with Gasteiger partial charge in [0.15, 0.2) is 0 Å². The minimum atomic E-state index is 0.388. The van der Waals surface area contributed by atoms with Gasteiger partial charge in [0.25, 0.3) is 0 Å². The van der Waals surface area contributed by atoms with E-state index < -0.39 is 0 Å². The summed E-state index contributed by atoms with van der Waals surface area (Å²) in [6.07, 6.45) is 3.58. The van der Waals surface area contributed by atoms with Crippen molar-refractivity contribution < 1.29 is 0 Å². The molecule has 0 aliphatic carbocycles. The maximum Gasteiger partial charge on any atom is 0.0383 e. The number of nitrogens with two attached hydrogens (primary N) is 1. The molecule has 1 rings (SSSR count). The predicted molar refractivity (Wildman–Crippen MR) is 70.1 cm³/mol. The Balaban J connectivity index is 2.50. The van der Waals surface area contributed by atoms with E-state index in [9.17, 15) is 0 Å². The minimum Gasteiger partial charge on any atom is -0.381 e. The standard InChI is InChI=1S/C12H19BrN2/c1-2-3-6-12(9-14)15-11-7-4-5-10(13)8-11/h4-5,7-8,12,15H,2-3,6,9,14H2,1H3. The highest BCUT2D eigenvalue weighted by Gasteiger charge is 2.05. The molecule has 84 valence electrons. The molecule has 0 radical (unpaired) electrons. The summed E-state index contributed by atoms with van der Waals surface area (Å²) < 4.78 is 1.10. The molecule has 3 heteroatoms. The van der Waals surface area contributed by atoms with Crippen LogP contribution in [-0.4, -0.2) is 12.6 Å². The third-order valence-electron chi connectivity index (χ3n) is 2.39.